The molecule has 0 bridgehead atoms. The van der Waals surface area contributed by atoms with Crippen molar-refractivity contribution in [3.8, 4) is 0 Å². The van der Waals surface area contributed by atoms with Crippen LogP contribution in [0, 0.1) is 0 Å². The van der Waals surface area contributed by atoms with E-state index in [9.17, 15) is 0 Å². The average molecular weight is 344 g/mol. The van der Waals surface area contributed by atoms with Crippen molar-refractivity contribution in [3.63, 3.8) is 0 Å². The van der Waals surface area contributed by atoms with Crippen LogP contribution in [-0.2, 0) is 6.54 Å². The molecule has 0 N–H and O–H groups in total. The topological polar surface area (TPSA) is 8.81 Å². The average Bonchev–Trinajstić information content (AvgIpc) is 2.78. The molecule has 1 aromatic heterocycles. The molecule has 0 saturated carbocycles. The third-order valence-corrected chi connectivity index (χ3v) is 3.71. The van der Waals surface area contributed by atoms with E-state index < -0.39 is 0 Å². The molecular weight excluding hydrogens is 332 g/mol. The van der Waals surface area contributed by atoms with E-state index in [2.05, 4.69) is 74.1 Å². The summed E-state index contributed by atoms with van der Waals surface area (Å²) in [6.45, 7) is 1.03. The first-order chi connectivity index (χ1) is 7.36. The number of hydrogen-bond donors (Lipinski definition) is 0. The van der Waals surface area contributed by atoms with Crippen LogP contribution >= 0.6 is 15.9 Å². The summed E-state index contributed by atoms with van der Waals surface area (Å²) in [7, 11) is 0. The number of fused-ring (bicyclic) bond motifs is 1. The second kappa shape index (κ2) is 4.72. The number of nitrogens with zero attached hydrogens (tertiary/aromatic N) is 2. The minimum absolute atomic E-state index is 0. The smallest absolute Gasteiger partial charge is 0.195 e. The number of hydrogen-bond acceptors (Lipinski definition) is 0. The lowest BCUT2D eigenvalue weighted by atomic mass is 10.1. The lowest BCUT2D eigenvalue weighted by Crippen LogP contribution is -3.00. The van der Waals surface area contributed by atoms with E-state index in [0.29, 0.717) is 10.9 Å². The summed E-state index contributed by atoms with van der Waals surface area (Å²) in [5.74, 6) is 0. The molecule has 0 amide bonds. The van der Waals surface area contributed by atoms with Crippen LogP contribution in [0.3, 0.4) is 0 Å². The summed E-state index contributed by atoms with van der Waals surface area (Å²) >= 11 is 3.76. The summed E-state index contributed by atoms with van der Waals surface area (Å²) in [6, 6.07) is 13.1. The van der Waals surface area contributed by atoms with Crippen molar-refractivity contribution in [1.29, 1.82) is 0 Å². The second-order valence-corrected chi connectivity index (χ2v) is 5.04. The van der Waals surface area contributed by atoms with Gasteiger partial charge in [0.05, 0.1) is 6.20 Å². The van der Waals surface area contributed by atoms with Gasteiger partial charge in [0.15, 0.2) is 12.7 Å². The molecule has 0 radical (unpaired) electrons. The van der Waals surface area contributed by atoms with Crippen molar-refractivity contribution in [3.05, 3.63) is 54.4 Å². The van der Waals surface area contributed by atoms with E-state index >= 15 is 0 Å². The minimum Gasteiger partial charge on any atom is -1.00 e. The van der Waals surface area contributed by atoms with Gasteiger partial charge in [-0.3, -0.25) is 0 Å². The summed E-state index contributed by atoms with van der Waals surface area (Å²) < 4.78 is 4.53. The van der Waals surface area contributed by atoms with Gasteiger partial charge in [-0.05, 0) is 5.56 Å². The van der Waals surface area contributed by atoms with Gasteiger partial charge in [-0.25, -0.2) is 0 Å². The quantitative estimate of drug-likeness (QED) is 0.471. The largest absolute Gasteiger partial charge is 1.00 e. The third-order valence-electron chi connectivity index (χ3n) is 2.92. The Labute approximate surface area is 114 Å². The zero-order valence-electron chi connectivity index (χ0n) is 8.63. The fourth-order valence-electron chi connectivity index (χ4n) is 2.25. The molecule has 0 saturated heterocycles. The Morgan fingerprint density at radius 2 is 1.94 bits per heavy atom. The number of alkyl halides is 1. The molecule has 0 spiro atoms. The lowest BCUT2D eigenvalue weighted by Gasteiger charge is -2.11. The first-order valence-electron chi connectivity index (χ1n) is 5.12. The summed E-state index contributed by atoms with van der Waals surface area (Å²) in [5, 5.41) is 0. The Bertz CT molecular complexity index is 467. The molecule has 2 atom stereocenters. The number of benzene rings is 1. The zero-order valence-corrected chi connectivity index (χ0v) is 11.8. The van der Waals surface area contributed by atoms with Gasteiger partial charge in [-0.2, -0.15) is 4.68 Å². The number of halogens is 2. The fourth-order valence-corrected chi connectivity index (χ4v) is 3.10. The van der Waals surface area contributed by atoms with Crippen LogP contribution in [0.4, 0.5) is 0 Å². The van der Waals surface area contributed by atoms with Crippen LogP contribution < -0.4 is 21.7 Å². The fraction of sp³-hybridized carbons (Fsp3) is 0.250. The van der Waals surface area contributed by atoms with E-state index in [0.717, 1.165) is 6.54 Å². The molecular formula is C12H12Br2N2. The van der Waals surface area contributed by atoms with Crippen molar-refractivity contribution in [1.82, 2.24) is 4.68 Å². The van der Waals surface area contributed by atoms with Crippen molar-refractivity contribution in [2.45, 2.75) is 17.4 Å². The van der Waals surface area contributed by atoms with Crippen molar-refractivity contribution in [2.24, 2.45) is 0 Å². The zero-order chi connectivity index (χ0) is 10.3. The molecule has 16 heavy (non-hydrogen) atoms. The highest BCUT2D eigenvalue weighted by molar-refractivity contribution is 9.09. The molecule has 2 heterocycles. The predicted molar refractivity (Wildman–Crippen MR) is 61.9 cm³/mol. The van der Waals surface area contributed by atoms with Gasteiger partial charge in [-0.15, -0.1) is 4.68 Å². The highest BCUT2D eigenvalue weighted by Gasteiger charge is 2.37. The second-order valence-electron chi connectivity index (χ2n) is 3.86. The van der Waals surface area contributed by atoms with Gasteiger partial charge in [0.1, 0.15) is 10.9 Å². The van der Waals surface area contributed by atoms with E-state index in [-0.39, 0.29) is 17.0 Å². The van der Waals surface area contributed by atoms with Crippen molar-refractivity contribution < 1.29 is 21.7 Å². The highest BCUT2D eigenvalue weighted by Crippen LogP contribution is 2.29. The van der Waals surface area contributed by atoms with Crippen LogP contribution in [0.25, 0.3) is 0 Å². The number of aromatic nitrogens is 2. The van der Waals surface area contributed by atoms with Crippen LogP contribution in [0.5, 0.6) is 0 Å². The van der Waals surface area contributed by atoms with E-state index in [4.69, 9.17) is 0 Å². The summed E-state index contributed by atoms with van der Waals surface area (Å²) in [5.41, 5.74) is 1.36. The van der Waals surface area contributed by atoms with Crippen LogP contribution in [0.2, 0.25) is 0 Å². The Balaban J connectivity index is 0.000000963. The van der Waals surface area contributed by atoms with Crippen LogP contribution in [0.15, 0.2) is 48.8 Å². The first-order valence-corrected chi connectivity index (χ1v) is 6.03. The predicted octanol–water partition coefficient (Wildman–Crippen LogP) is -0.854. The lowest BCUT2D eigenvalue weighted by molar-refractivity contribution is -0.757. The normalized spacial score (nSPS) is 22.6. The first kappa shape index (κ1) is 11.9. The van der Waals surface area contributed by atoms with Crippen molar-refractivity contribution >= 4 is 15.9 Å². The molecule has 2 nitrogen and oxygen atoms in total. The minimum atomic E-state index is 0. The number of rotatable bonds is 1. The van der Waals surface area contributed by atoms with Gasteiger partial charge >= 0.3 is 0 Å². The summed E-state index contributed by atoms with van der Waals surface area (Å²) in [6.07, 6.45) is 4.26. The Morgan fingerprint density at radius 1 is 1.19 bits per heavy atom. The molecule has 2 aromatic rings. The Kier molecular flexibility index (Phi) is 3.50. The maximum absolute atomic E-state index is 3.76. The Morgan fingerprint density at radius 3 is 2.69 bits per heavy atom. The SMILES string of the molecule is BrC1C[n+]2cccn2C1c1ccccc1.[Br-]. The molecule has 84 valence electrons. The van der Waals surface area contributed by atoms with E-state index in [1.165, 1.54) is 5.56 Å². The standard InChI is InChI=1S/C12H12BrN2.BrH/c13-11-9-14-7-4-8-15(14)12(11)10-5-2-1-3-6-10;/h1-8,11-12H,9H2;1H/q+1;/p-1. The maximum atomic E-state index is 3.76. The van der Waals surface area contributed by atoms with Crippen LogP contribution in [-0.4, -0.2) is 9.51 Å². The van der Waals surface area contributed by atoms with Gasteiger partial charge in [0, 0.05) is 6.07 Å². The molecule has 0 fully saturated rings. The van der Waals surface area contributed by atoms with Crippen molar-refractivity contribution in [2.75, 3.05) is 0 Å². The van der Waals surface area contributed by atoms with Crippen LogP contribution in [0.1, 0.15) is 11.6 Å². The molecule has 1 aliphatic rings. The molecule has 4 heteroatoms. The van der Waals surface area contributed by atoms with E-state index in [1.54, 1.807) is 0 Å². The van der Waals surface area contributed by atoms with Gasteiger partial charge in [0.2, 0.25) is 0 Å². The Hall–Kier alpha value is -0.610. The van der Waals surface area contributed by atoms with Gasteiger partial charge in [0.25, 0.3) is 0 Å². The van der Waals surface area contributed by atoms with E-state index in [1.807, 2.05) is 0 Å². The van der Waals surface area contributed by atoms with Gasteiger partial charge in [-0.1, -0.05) is 46.3 Å². The molecule has 1 aliphatic heterocycles. The maximum Gasteiger partial charge on any atom is 0.195 e. The summed E-state index contributed by atoms with van der Waals surface area (Å²) in [4.78, 5) is 0.487. The highest BCUT2D eigenvalue weighted by atomic mass is 79.9. The molecule has 1 aromatic carbocycles. The molecule has 0 aliphatic carbocycles. The monoisotopic (exact) mass is 342 g/mol. The molecule has 2 unspecified atom stereocenters. The van der Waals surface area contributed by atoms with Gasteiger partial charge < -0.3 is 17.0 Å². The third kappa shape index (κ3) is 1.84. The molecule has 3 rings (SSSR count).